The summed E-state index contributed by atoms with van der Waals surface area (Å²) >= 11 is 0. The number of hydrogen-bond donors (Lipinski definition) is 1. The van der Waals surface area contributed by atoms with Crippen molar-refractivity contribution in [3.63, 3.8) is 0 Å². The van der Waals surface area contributed by atoms with Crippen molar-refractivity contribution in [3.8, 4) is 11.5 Å². The molecule has 2 atom stereocenters. The highest BCUT2D eigenvalue weighted by Gasteiger charge is 2.22. The zero-order valence-electron chi connectivity index (χ0n) is 24.8. The minimum absolute atomic E-state index is 0.0924. The highest BCUT2D eigenvalue weighted by molar-refractivity contribution is 5.77. The summed E-state index contributed by atoms with van der Waals surface area (Å²) in [4.78, 5) is 49.2. The smallest absolute Gasteiger partial charge is 0.323 e. The predicted octanol–water partition coefficient (Wildman–Crippen LogP) is 5.15. The van der Waals surface area contributed by atoms with Gasteiger partial charge >= 0.3 is 23.9 Å². The van der Waals surface area contributed by atoms with Gasteiger partial charge in [-0.25, -0.2) is 0 Å². The number of rotatable bonds is 15. The van der Waals surface area contributed by atoms with Crippen molar-refractivity contribution in [1.29, 1.82) is 0 Å². The Balaban J connectivity index is 2.84. The fraction of sp³-hybridized carbons (Fsp3) is 0.667. The Hall–Kier alpha value is -2.94. The summed E-state index contributed by atoms with van der Waals surface area (Å²) in [6.45, 7) is 15.3. The van der Waals surface area contributed by atoms with Crippen molar-refractivity contribution in [2.75, 3.05) is 6.61 Å². The molecule has 0 bridgehead atoms. The van der Waals surface area contributed by atoms with Crippen LogP contribution in [0.1, 0.15) is 93.1 Å². The van der Waals surface area contributed by atoms with Gasteiger partial charge in [0, 0.05) is 12.8 Å². The van der Waals surface area contributed by atoms with Gasteiger partial charge in [-0.1, -0.05) is 54.5 Å². The van der Waals surface area contributed by atoms with Gasteiger partial charge in [0.2, 0.25) is 0 Å². The largest absolute Gasteiger partial charge is 0.461 e. The van der Waals surface area contributed by atoms with E-state index in [0.29, 0.717) is 30.2 Å². The molecule has 0 unspecified atom stereocenters. The number of hydrogen-bond acceptors (Lipinski definition) is 9. The molecule has 9 nitrogen and oxygen atoms in total. The lowest BCUT2D eigenvalue weighted by molar-refractivity contribution is -0.160. The van der Waals surface area contributed by atoms with Gasteiger partial charge in [0.1, 0.15) is 18.8 Å². The monoisotopic (exact) mass is 549 g/mol. The van der Waals surface area contributed by atoms with Gasteiger partial charge in [-0.15, -0.1) is 0 Å². The van der Waals surface area contributed by atoms with Gasteiger partial charge in [0.25, 0.3) is 0 Å². The lowest BCUT2D eigenvalue weighted by Gasteiger charge is -2.20. The van der Waals surface area contributed by atoms with Gasteiger partial charge in [-0.2, -0.15) is 0 Å². The first kappa shape index (κ1) is 34.1. The summed E-state index contributed by atoms with van der Waals surface area (Å²) in [7, 11) is 0. The maximum absolute atomic E-state index is 12.5. The van der Waals surface area contributed by atoms with Crippen LogP contribution in [0.3, 0.4) is 0 Å². The second-order valence-corrected chi connectivity index (χ2v) is 12.1. The van der Waals surface area contributed by atoms with Gasteiger partial charge in [0.15, 0.2) is 11.5 Å². The summed E-state index contributed by atoms with van der Waals surface area (Å²) in [6, 6.07) is 3.72. The molecule has 0 heterocycles. The highest BCUT2D eigenvalue weighted by Crippen LogP contribution is 2.30. The number of nitrogens with two attached hydrogens (primary N) is 1. The molecule has 0 spiro atoms. The summed E-state index contributed by atoms with van der Waals surface area (Å²) in [5.74, 6) is -0.998. The molecule has 0 saturated carbocycles. The maximum Gasteiger partial charge on any atom is 0.323 e. The Bertz CT molecular complexity index is 964. The molecule has 0 aliphatic carbocycles. The lowest BCUT2D eigenvalue weighted by atomic mass is 9.92. The predicted molar refractivity (Wildman–Crippen MR) is 148 cm³/mol. The molecule has 0 saturated heterocycles. The highest BCUT2D eigenvalue weighted by atomic mass is 16.6. The van der Waals surface area contributed by atoms with E-state index in [0.717, 1.165) is 0 Å². The maximum atomic E-state index is 12.5. The zero-order valence-corrected chi connectivity index (χ0v) is 24.8. The molecule has 9 heteroatoms. The molecule has 0 aliphatic rings. The fourth-order valence-electron chi connectivity index (χ4n) is 3.38. The van der Waals surface area contributed by atoms with Crippen LogP contribution in [0.2, 0.25) is 0 Å². The topological polar surface area (TPSA) is 131 Å². The fourth-order valence-corrected chi connectivity index (χ4v) is 3.38. The van der Waals surface area contributed by atoms with E-state index in [1.165, 1.54) is 6.07 Å². The summed E-state index contributed by atoms with van der Waals surface area (Å²) in [5, 5.41) is 0. The molecule has 0 amide bonds. The summed E-state index contributed by atoms with van der Waals surface area (Å²) < 4.78 is 21.5. The first-order valence-electron chi connectivity index (χ1n) is 13.7. The van der Waals surface area contributed by atoms with Crippen LogP contribution < -0.4 is 15.2 Å². The van der Waals surface area contributed by atoms with E-state index < -0.39 is 30.1 Å². The first-order valence-corrected chi connectivity index (χ1v) is 13.7. The number of benzene rings is 1. The van der Waals surface area contributed by atoms with Crippen molar-refractivity contribution in [2.24, 2.45) is 23.0 Å². The van der Waals surface area contributed by atoms with Crippen LogP contribution in [-0.4, -0.2) is 42.6 Å². The standard InChI is InChI=1S/C30H47NO8/c1-19(2)9-13-26(32)38-24-12-11-22(16-25(24)39-27(33)14-10-20(3)4)15-23(31)29(35)36-18-21(5)37-28(34)17-30(6,7)8/h11-12,16,19-21,23H,9-10,13-15,17-18,31H2,1-8H3/t21-,23-/m0/s1. The van der Waals surface area contributed by atoms with Crippen LogP contribution in [0, 0.1) is 17.3 Å². The van der Waals surface area contributed by atoms with E-state index in [1.54, 1.807) is 19.1 Å². The quantitative estimate of drug-likeness (QED) is 0.233. The Morgan fingerprint density at radius 3 is 1.87 bits per heavy atom. The molecule has 1 aromatic rings. The van der Waals surface area contributed by atoms with E-state index in [9.17, 15) is 19.2 Å². The van der Waals surface area contributed by atoms with Crippen molar-refractivity contribution in [3.05, 3.63) is 23.8 Å². The molecule has 0 aliphatic heterocycles. The van der Waals surface area contributed by atoms with Gasteiger partial charge < -0.3 is 24.7 Å². The molecule has 1 aromatic carbocycles. The molecule has 0 fully saturated rings. The van der Waals surface area contributed by atoms with Crippen LogP contribution in [-0.2, 0) is 35.1 Å². The molecular formula is C30H47NO8. The molecule has 0 radical (unpaired) electrons. The zero-order chi connectivity index (χ0) is 29.8. The number of carbonyl (C=O) groups excluding carboxylic acids is 4. The Morgan fingerprint density at radius 1 is 0.821 bits per heavy atom. The van der Waals surface area contributed by atoms with Crippen molar-refractivity contribution >= 4 is 23.9 Å². The molecule has 2 N–H and O–H groups in total. The summed E-state index contributed by atoms with van der Waals surface area (Å²) in [5.41, 5.74) is 6.45. The Labute approximate surface area is 233 Å². The normalized spacial score (nSPS) is 13.1. The lowest BCUT2D eigenvalue weighted by Crippen LogP contribution is -2.36. The van der Waals surface area contributed by atoms with Crippen molar-refractivity contribution in [2.45, 2.75) is 106 Å². The van der Waals surface area contributed by atoms with E-state index in [2.05, 4.69) is 0 Å². The average Bonchev–Trinajstić information content (AvgIpc) is 2.80. The number of ether oxygens (including phenoxy) is 4. The molecular weight excluding hydrogens is 502 g/mol. The van der Waals surface area contributed by atoms with Gasteiger partial charge in [-0.3, -0.25) is 19.2 Å². The van der Waals surface area contributed by atoms with Gasteiger partial charge in [0.05, 0.1) is 6.42 Å². The van der Waals surface area contributed by atoms with E-state index in [4.69, 9.17) is 24.7 Å². The average molecular weight is 550 g/mol. The van der Waals surface area contributed by atoms with Gasteiger partial charge in [-0.05, 0) is 61.1 Å². The van der Waals surface area contributed by atoms with Crippen molar-refractivity contribution in [1.82, 2.24) is 0 Å². The third-order valence-corrected chi connectivity index (χ3v) is 5.53. The number of esters is 4. The summed E-state index contributed by atoms with van der Waals surface area (Å²) in [6.07, 6.45) is 1.51. The molecule has 0 aromatic heterocycles. The molecule has 39 heavy (non-hydrogen) atoms. The SMILES string of the molecule is CC(C)CCC(=O)Oc1ccc(C[C@H](N)C(=O)OC[C@H](C)OC(=O)CC(C)(C)C)cc1OC(=O)CCC(C)C. The third kappa shape index (κ3) is 15.3. The second kappa shape index (κ2) is 16.2. The Morgan fingerprint density at radius 2 is 1.36 bits per heavy atom. The Kier molecular flexibility index (Phi) is 14.2. The molecule has 1 rings (SSSR count). The number of carbonyl (C=O) groups is 4. The minimum Gasteiger partial charge on any atom is -0.461 e. The van der Waals surface area contributed by atoms with Crippen molar-refractivity contribution < 1.29 is 38.1 Å². The van der Waals surface area contributed by atoms with Crippen LogP contribution >= 0.6 is 0 Å². The molecule has 220 valence electrons. The second-order valence-electron chi connectivity index (χ2n) is 12.1. The minimum atomic E-state index is -1.01. The van der Waals surface area contributed by atoms with Crippen LogP contribution in [0.25, 0.3) is 0 Å². The van der Waals surface area contributed by atoms with Crippen LogP contribution in [0.4, 0.5) is 0 Å². The van der Waals surface area contributed by atoms with E-state index >= 15 is 0 Å². The van der Waals surface area contributed by atoms with Crippen LogP contribution in [0.15, 0.2) is 18.2 Å². The van der Waals surface area contributed by atoms with E-state index in [1.807, 2.05) is 48.5 Å². The first-order chi connectivity index (χ1) is 18.1. The third-order valence-electron chi connectivity index (χ3n) is 5.53. The van der Waals surface area contributed by atoms with E-state index in [-0.39, 0.29) is 55.2 Å². The van der Waals surface area contributed by atoms with Crippen LogP contribution in [0.5, 0.6) is 11.5 Å².